The standard InChI is InChI=1S/C8H15N3O.ClH/c9-5-2-1-3-7-12-8-4-6-10-11-8;/h4,6H,1-3,5,7,9H2,(H,10,11);1H. The van der Waals surface area contributed by atoms with Crippen molar-refractivity contribution in [2.75, 3.05) is 13.2 Å². The highest BCUT2D eigenvalue weighted by Crippen LogP contribution is 2.03. The third-order valence-corrected chi connectivity index (χ3v) is 1.58. The van der Waals surface area contributed by atoms with Crippen LogP contribution >= 0.6 is 12.4 Å². The Kier molecular flexibility index (Phi) is 7.44. The van der Waals surface area contributed by atoms with Gasteiger partial charge in [-0.3, -0.25) is 0 Å². The number of nitrogens with two attached hydrogens (primary N) is 1. The zero-order chi connectivity index (χ0) is 8.65. The van der Waals surface area contributed by atoms with Crippen LogP contribution in [0.5, 0.6) is 5.88 Å². The van der Waals surface area contributed by atoms with Crippen molar-refractivity contribution in [1.82, 2.24) is 10.2 Å². The van der Waals surface area contributed by atoms with Crippen molar-refractivity contribution in [2.24, 2.45) is 5.73 Å². The summed E-state index contributed by atoms with van der Waals surface area (Å²) in [5.74, 6) is 0.739. The smallest absolute Gasteiger partial charge is 0.208 e. The van der Waals surface area contributed by atoms with E-state index in [4.69, 9.17) is 10.5 Å². The summed E-state index contributed by atoms with van der Waals surface area (Å²) < 4.78 is 5.33. The summed E-state index contributed by atoms with van der Waals surface area (Å²) in [5.41, 5.74) is 5.35. The molecule has 1 heterocycles. The first kappa shape index (κ1) is 12.3. The molecule has 0 aliphatic rings. The molecule has 5 heteroatoms. The van der Waals surface area contributed by atoms with Crippen LogP contribution in [0.3, 0.4) is 0 Å². The molecule has 13 heavy (non-hydrogen) atoms. The van der Waals surface area contributed by atoms with Crippen LogP contribution in [0.1, 0.15) is 19.3 Å². The van der Waals surface area contributed by atoms with Crippen LogP contribution in [0, 0.1) is 0 Å². The van der Waals surface area contributed by atoms with E-state index in [2.05, 4.69) is 10.2 Å². The molecule has 3 N–H and O–H groups in total. The van der Waals surface area contributed by atoms with Crippen molar-refractivity contribution in [2.45, 2.75) is 19.3 Å². The second-order valence-corrected chi connectivity index (χ2v) is 2.62. The molecule has 0 radical (unpaired) electrons. The second kappa shape index (κ2) is 7.89. The molecule has 0 spiro atoms. The molecule has 0 saturated heterocycles. The largest absolute Gasteiger partial charge is 0.478 e. The second-order valence-electron chi connectivity index (χ2n) is 2.62. The predicted octanol–water partition coefficient (Wildman–Crippen LogP) is 1.34. The lowest BCUT2D eigenvalue weighted by atomic mass is 10.2. The molecule has 0 fully saturated rings. The van der Waals surface area contributed by atoms with Crippen LogP contribution in [0.2, 0.25) is 0 Å². The van der Waals surface area contributed by atoms with Gasteiger partial charge >= 0.3 is 0 Å². The SMILES string of the molecule is Cl.NCCCCCOc1ccn[nH]1. The van der Waals surface area contributed by atoms with Crippen molar-refractivity contribution in [3.63, 3.8) is 0 Å². The summed E-state index contributed by atoms with van der Waals surface area (Å²) in [6, 6.07) is 1.81. The number of ether oxygens (including phenoxy) is 1. The van der Waals surface area contributed by atoms with Crippen molar-refractivity contribution in [3.05, 3.63) is 12.3 Å². The Bertz CT molecular complexity index is 191. The Morgan fingerprint density at radius 3 is 2.85 bits per heavy atom. The van der Waals surface area contributed by atoms with E-state index in [1.54, 1.807) is 6.20 Å². The van der Waals surface area contributed by atoms with Gasteiger partial charge in [-0.25, -0.2) is 5.10 Å². The minimum atomic E-state index is 0. The van der Waals surface area contributed by atoms with Crippen LogP contribution in [0.15, 0.2) is 12.3 Å². The summed E-state index contributed by atoms with van der Waals surface area (Å²) in [6.45, 7) is 1.51. The molecule has 0 unspecified atom stereocenters. The fraction of sp³-hybridized carbons (Fsp3) is 0.625. The van der Waals surface area contributed by atoms with Crippen molar-refractivity contribution >= 4 is 12.4 Å². The lowest BCUT2D eigenvalue weighted by molar-refractivity contribution is 0.294. The van der Waals surface area contributed by atoms with E-state index >= 15 is 0 Å². The van der Waals surface area contributed by atoms with Crippen LogP contribution in [-0.4, -0.2) is 23.3 Å². The fourth-order valence-electron chi connectivity index (χ4n) is 0.929. The van der Waals surface area contributed by atoms with E-state index in [1.807, 2.05) is 6.07 Å². The number of H-pyrrole nitrogens is 1. The monoisotopic (exact) mass is 205 g/mol. The number of aromatic nitrogens is 2. The number of rotatable bonds is 6. The highest BCUT2D eigenvalue weighted by molar-refractivity contribution is 5.85. The summed E-state index contributed by atoms with van der Waals surface area (Å²) in [6.07, 6.45) is 4.93. The minimum Gasteiger partial charge on any atom is -0.478 e. The quantitative estimate of drug-likeness (QED) is 0.689. The first-order valence-electron chi connectivity index (χ1n) is 4.25. The lowest BCUT2D eigenvalue weighted by Gasteiger charge is -2.01. The summed E-state index contributed by atoms with van der Waals surface area (Å²) in [4.78, 5) is 0. The maximum atomic E-state index is 5.35. The van der Waals surface area contributed by atoms with Crippen LogP contribution < -0.4 is 10.5 Å². The molecule has 0 atom stereocenters. The van der Waals surface area contributed by atoms with Gasteiger partial charge in [-0.1, -0.05) is 0 Å². The van der Waals surface area contributed by atoms with E-state index in [1.165, 1.54) is 0 Å². The molecule has 1 rings (SSSR count). The first-order valence-corrected chi connectivity index (χ1v) is 4.25. The maximum Gasteiger partial charge on any atom is 0.208 e. The molecular weight excluding hydrogens is 190 g/mol. The topological polar surface area (TPSA) is 63.9 Å². The van der Waals surface area contributed by atoms with Gasteiger partial charge in [0.15, 0.2) is 0 Å². The Hall–Kier alpha value is -0.740. The zero-order valence-electron chi connectivity index (χ0n) is 7.53. The summed E-state index contributed by atoms with van der Waals surface area (Å²) in [5, 5.41) is 6.50. The Morgan fingerprint density at radius 1 is 1.38 bits per heavy atom. The van der Waals surface area contributed by atoms with Crippen LogP contribution in [-0.2, 0) is 0 Å². The van der Waals surface area contributed by atoms with Crippen molar-refractivity contribution in [3.8, 4) is 5.88 Å². The van der Waals surface area contributed by atoms with Crippen molar-refractivity contribution < 1.29 is 4.74 Å². The van der Waals surface area contributed by atoms with E-state index in [0.717, 1.165) is 38.3 Å². The Labute approximate surface area is 84.3 Å². The molecular formula is C8H16ClN3O. The molecule has 1 aromatic heterocycles. The van der Waals surface area contributed by atoms with Gasteiger partial charge in [-0.15, -0.1) is 12.4 Å². The number of hydrogen-bond donors (Lipinski definition) is 2. The van der Waals surface area contributed by atoms with Gasteiger partial charge in [0.25, 0.3) is 0 Å². The third-order valence-electron chi connectivity index (χ3n) is 1.58. The van der Waals surface area contributed by atoms with Gasteiger partial charge in [0.2, 0.25) is 5.88 Å². The zero-order valence-corrected chi connectivity index (χ0v) is 8.35. The highest BCUT2D eigenvalue weighted by atomic mass is 35.5. The number of nitrogens with zero attached hydrogens (tertiary/aromatic N) is 1. The number of halogens is 1. The normalized spacial score (nSPS) is 9.31. The molecule has 0 aromatic carbocycles. The first-order chi connectivity index (χ1) is 5.93. The fourth-order valence-corrected chi connectivity index (χ4v) is 0.929. The number of hydrogen-bond acceptors (Lipinski definition) is 3. The lowest BCUT2D eigenvalue weighted by Crippen LogP contribution is -2.01. The molecule has 0 aliphatic heterocycles. The van der Waals surface area contributed by atoms with E-state index in [-0.39, 0.29) is 12.4 Å². The molecule has 0 saturated carbocycles. The van der Waals surface area contributed by atoms with Gasteiger partial charge in [-0.05, 0) is 25.8 Å². The predicted molar refractivity (Wildman–Crippen MR) is 54.2 cm³/mol. The average molecular weight is 206 g/mol. The van der Waals surface area contributed by atoms with Gasteiger partial charge in [0.05, 0.1) is 12.8 Å². The molecule has 1 aromatic rings. The summed E-state index contributed by atoms with van der Waals surface area (Å²) in [7, 11) is 0. The number of aromatic amines is 1. The number of nitrogens with one attached hydrogen (secondary N) is 1. The van der Waals surface area contributed by atoms with Crippen LogP contribution in [0.25, 0.3) is 0 Å². The van der Waals surface area contributed by atoms with Gasteiger partial charge in [-0.2, -0.15) is 5.10 Å². The Morgan fingerprint density at radius 2 is 2.23 bits per heavy atom. The molecule has 0 amide bonds. The van der Waals surface area contributed by atoms with E-state index in [0.29, 0.717) is 0 Å². The summed E-state index contributed by atoms with van der Waals surface area (Å²) >= 11 is 0. The van der Waals surface area contributed by atoms with Gasteiger partial charge < -0.3 is 10.5 Å². The van der Waals surface area contributed by atoms with Gasteiger partial charge in [0.1, 0.15) is 0 Å². The highest BCUT2D eigenvalue weighted by Gasteiger charge is 1.92. The van der Waals surface area contributed by atoms with E-state index < -0.39 is 0 Å². The molecule has 0 bridgehead atoms. The van der Waals surface area contributed by atoms with Gasteiger partial charge in [0, 0.05) is 6.07 Å². The Balaban J connectivity index is 0.00000144. The average Bonchev–Trinajstić information content (AvgIpc) is 2.57. The molecule has 4 nitrogen and oxygen atoms in total. The van der Waals surface area contributed by atoms with Crippen molar-refractivity contribution in [1.29, 1.82) is 0 Å². The molecule has 76 valence electrons. The maximum absolute atomic E-state index is 5.35. The minimum absolute atomic E-state index is 0. The molecule has 0 aliphatic carbocycles. The van der Waals surface area contributed by atoms with Crippen LogP contribution in [0.4, 0.5) is 0 Å². The van der Waals surface area contributed by atoms with E-state index in [9.17, 15) is 0 Å². The number of unbranched alkanes of at least 4 members (excludes halogenated alkanes) is 2. The third kappa shape index (κ3) is 5.49.